The molecule has 0 heterocycles. The Labute approximate surface area is 108 Å². The van der Waals surface area contributed by atoms with Crippen molar-refractivity contribution in [2.75, 3.05) is 0 Å². The largest absolute Gasteiger partial charge is 3.00 e. The molecule has 0 saturated heterocycles. The molecule has 16 heteroatoms. The summed E-state index contributed by atoms with van der Waals surface area (Å²) >= 11 is -18.0. The molecule has 0 rings (SSSR count). The van der Waals surface area contributed by atoms with Crippen molar-refractivity contribution >= 4 is 40.5 Å². The minimum absolute atomic E-state index is 0. The van der Waals surface area contributed by atoms with Crippen LogP contribution in [0.5, 0.6) is 0 Å². The van der Waals surface area contributed by atoms with Gasteiger partial charge in [-0.15, -0.1) is 0 Å². The van der Waals surface area contributed by atoms with Crippen LogP contribution in [0.4, 0.5) is 10.7 Å². The van der Waals surface area contributed by atoms with Crippen LogP contribution in [0.3, 0.4) is 0 Å². The minimum Gasteiger partial charge on any atom is 3.00 e. The second kappa shape index (κ2) is 9.76. The monoisotopic (exact) mass is 548 g/mol. The Morgan fingerprint density at radius 2 is 0.562 bits per heavy atom. The van der Waals surface area contributed by atoms with Crippen molar-refractivity contribution in [3.05, 3.63) is 0 Å². The molecule has 0 aliphatic rings. The third kappa shape index (κ3) is 4740. The second-order valence-electron chi connectivity index (χ2n) is 1.18. The Kier molecular flexibility index (Phi) is 15.6. The molecule has 0 aromatic heterocycles. The van der Waals surface area contributed by atoms with Gasteiger partial charge in [0.15, 0.2) is 0 Å². The Morgan fingerprint density at radius 1 is 0.562 bits per heavy atom. The van der Waals surface area contributed by atoms with Gasteiger partial charge in [0.25, 0.3) is 0 Å². The zero-order valence-corrected chi connectivity index (χ0v) is 13.0. The molecule has 0 aromatic rings. The molecule has 0 bridgehead atoms. The summed E-state index contributed by atoms with van der Waals surface area (Å²) in [6, 6.07) is 0. The van der Waals surface area contributed by atoms with E-state index in [1.807, 2.05) is 0 Å². The first-order chi connectivity index (χ1) is 6.00. The maximum Gasteiger partial charge on any atom is 3.00 e. The Bertz CT molecular complexity index is 347. The van der Waals surface area contributed by atoms with Crippen LogP contribution in [0.25, 0.3) is 0 Å². The maximum atomic E-state index is 10.2. The Morgan fingerprint density at radius 3 is 0.562 bits per heavy atom. The molecule has 0 atom stereocenters. The molecule has 0 amide bonds. The van der Waals surface area contributed by atoms with E-state index >= 15 is 0 Å². The molecule has 0 unspecified atom stereocenters. The van der Waals surface area contributed by atoms with Gasteiger partial charge >= 0.3 is 109 Å². The van der Waals surface area contributed by atoms with Crippen LogP contribution in [0.1, 0.15) is 0 Å². The fourth-order valence-corrected chi connectivity index (χ4v) is 0. The van der Waals surface area contributed by atoms with Crippen LogP contribution < -0.4 is 12.6 Å². The normalized spacial score (nSPS) is 10.9. The van der Waals surface area contributed by atoms with E-state index in [9.17, 15) is 10.7 Å². The topological polar surface area (TPSA) is 172 Å². The molecule has 0 fully saturated rings. The molecule has 0 aromatic carbocycles. The first-order valence-electron chi connectivity index (χ1n) is 1.96. The van der Waals surface area contributed by atoms with Crippen molar-refractivity contribution in [1.29, 1.82) is 0 Å². The van der Waals surface area contributed by atoms with Crippen LogP contribution in [0.2, 0.25) is 0 Å². The fraction of sp³-hybridized carbons (Fsp3) is 0. The molecule has 0 aliphatic heterocycles. The van der Waals surface area contributed by atoms with Gasteiger partial charge in [0.1, 0.15) is 0 Å². The summed E-state index contributed by atoms with van der Waals surface area (Å²) in [5.74, 6) is 0. The van der Waals surface area contributed by atoms with Crippen LogP contribution in [-0.2, 0) is 45.4 Å². The smallest absolute Gasteiger partial charge is 3.00 e. The van der Waals surface area contributed by atoms with Crippen LogP contribution >= 0.6 is 0 Å². The predicted octanol–water partition coefficient (Wildman–Crippen LogP) is -4.16. The van der Waals surface area contributed by atoms with Gasteiger partial charge in [-0.2, -0.15) is 0 Å². The van der Waals surface area contributed by atoms with Crippen molar-refractivity contribution in [3.8, 4) is 0 Å². The van der Waals surface area contributed by atoms with Crippen LogP contribution in [-0.4, -0.2) is 40.5 Å². The van der Waals surface area contributed by atoms with E-state index < -0.39 is 40.5 Å². The molecule has 0 aliphatic carbocycles. The average molecular weight is 546 g/mol. The van der Waals surface area contributed by atoms with Crippen molar-refractivity contribution in [2.45, 2.75) is 0 Å². The molecule has 0 N–H and O–H groups in total. The maximum absolute atomic E-state index is 10.2. The molecule has 9 nitrogen and oxygen atoms in total. The van der Waals surface area contributed by atoms with E-state index in [1.165, 1.54) is 0 Å². The summed E-state index contributed by atoms with van der Waals surface area (Å²) in [6.07, 6.45) is 0. The summed E-state index contributed by atoms with van der Waals surface area (Å²) in [5.41, 5.74) is 0. The summed E-state index contributed by atoms with van der Waals surface area (Å²) in [4.78, 5) is 0. The molecule has 16 heavy (non-hydrogen) atoms. The Hall–Kier alpha value is 0.769. The summed E-state index contributed by atoms with van der Waals surface area (Å²) in [5, 5.41) is 0. The summed E-state index contributed by atoms with van der Waals surface area (Å²) in [7, 11) is 0. The minimum atomic E-state index is -6.00. The first kappa shape index (κ1) is 25.6. The number of hydrogen-bond donors (Lipinski definition) is 0. The van der Waals surface area contributed by atoms with Gasteiger partial charge < -0.3 is 0 Å². The third-order valence-corrected chi connectivity index (χ3v) is 0. The zero-order valence-electron chi connectivity index (χ0n) is 6.33. The van der Waals surface area contributed by atoms with Gasteiger partial charge in [-0.3, -0.25) is 0 Å². The Balaban J connectivity index is -0.0000000655. The van der Waals surface area contributed by atoms with Crippen molar-refractivity contribution in [2.24, 2.45) is 0 Å². The standard InChI is InChI=1S/Ag.3FHO3Se/c;3*1-5(2,3)4/h;3*(H,2,3,4)/q+3;;;/p-3. The van der Waals surface area contributed by atoms with Gasteiger partial charge in [-0.1, -0.05) is 0 Å². The number of rotatable bonds is 0. The molecule has 104 valence electrons. The fourth-order valence-electron chi connectivity index (χ4n) is 0. The number of halogens is 3. The van der Waals surface area contributed by atoms with Crippen molar-refractivity contribution < 1.29 is 68.6 Å². The third-order valence-electron chi connectivity index (χ3n) is 0. The van der Waals surface area contributed by atoms with E-state index in [0.29, 0.717) is 0 Å². The molecule has 0 spiro atoms. The van der Waals surface area contributed by atoms with Crippen molar-refractivity contribution in [3.63, 3.8) is 0 Å². The molecule has 0 saturated carbocycles. The average Bonchev–Trinajstić information content (AvgIpc) is 1.41. The van der Waals surface area contributed by atoms with Gasteiger partial charge in [0.2, 0.25) is 0 Å². The van der Waals surface area contributed by atoms with E-state index in [0.717, 1.165) is 0 Å². The van der Waals surface area contributed by atoms with E-state index in [1.54, 1.807) is 0 Å². The zero-order chi connectivity index (χ0) is 13.5. The molecular weight excluding hydrogens is 546 g/mol. The van der Waals surface area contributed by atoms with Gasteiger partial charge in [0, 0.05) is 0 Å². The second-order valence-corrected chi connectivity index (χ2v) is 6.13. The molecular formula is AgF3O9Se3. The first-order valence-corrected chi connectivity index (χ1v) is 10.2. The SMILES string of the molecule is O=[Se](=O)([O-])F.O=[Se](=O)([O-])F.O=[Se](=O)([O-])F.[Ag+3]. The van der Waals surface area contributed by atoms with Crippen LogP contribution in [0.15, 0.2) is 0 Å². The van der Waals surface area contributed by atoms with Crippen molar-refractivity contribution in [1.82, 2.24) is 0 Å². The molecule has 0 radical (unpaired) electrons. The van der Waals surface area contributed by atoms with E-state index in [4.69, 9.17) is 35.6 Å². The quantitative estimate of drug-likeness (QED) is 0.274. The van der Waals surface area contributed by atoms with Gasteiger partial charge in [-0.05, 0) is 0 Å². The summed E-state index contributed by atoms with van der Waals surface area (Å²) < 4.78 is 107. The van der Waals surface area contributed by atoms with Gasteiger partial charge in [0.05, 0.1) is 0 Å². The predicted molar refractivity (Wildman–Crippen MR) is 24.7 cm³/mol. The number of hydrogen-bond acceptors (Lipinski definition) is 9. The van der Waals surface area contributed by atoms with Crippen LogP contribution in [0, 0.1) is 0 Å². The summed E-state index contributed by atoms with van der Waals surface area (Å²) in [6.45, 7) is 0. The van der Waals surface area contributed by atoms with Gasteiger partial charge in [-0.25, -0.2) is 0 Å². The van der Waals surface area contributed by atoms with E-state index in [2.05, 4.69) is 0 Å². The van der Waals surface area contributed by atoms with E-state index in [-0.39, 0.29) is 22.4 Å².